The number of hydrogen-bond donors (Lipinski definition) is 3. The third-order valence-electron chi connectivity index (χ3n) is 4.46. The number of anilines is 1. The topological polar surface area (TPSA) is 92.4 Å². The second-order valence-corrected chi connectivity index (χ2v) is 7.74. The summed E-state index contributed by atoms with van der Waals surface area (Å²) >= 11 is 0. The Balaban J connectivity index is 2.33. The van der Waals surface area contributed by atoms with E-state index < -0.39 is 15.6 Å². The van der Waals surface area contributed by atoms with Gasteiger partial charge in [0.25, 0.3) is 0 Å². The normalized spacial score (nSPS) is 18.6. The van der Waals surface area contributed by atoms with Crippen LogP contribution >= 0.6 is 0 Å². The van der Waals surface area contributed by atoms with Crippen LogP contribution in [0.25, 0.3) is 0 Å². The van der Waals surface area contributed by atoms with Gasteiger partial charge in [0.05, 0.1) is 17.0 Å². The predicted molar refractivity (Wildman–Crippen MR) is 83.6 cm³/mol. The number of benzene rings is 1. The van der Waals surface area contributed by atoms with Crippen molar-refractivity contribution in [2.24, 2.45) is 0 Å². The Morgan fingerprint density at radius 1 is 1.24 bits per heavy atom. The molecule has 118 valence electrons. The van der Waals surface area contributed by atoms with Gasteiger partial charge in [-0.2, -0.15) is 0 Å². The van der Waals surface area contributed by atoms with Crippen LogP contribution in [0.4, 0.5) is 5.69 Å². The minimum Gasteiger partial charge on any atom is -0.398 e. The van der Waals surface area contributed by atoms with Crippen LogP contribution in [-0.2, 0) is 10.0 Å². The highest BCUT2D eigenvalue weighted by molar-refractivity contribution is 7.89. The van der Waals surface area contributed by atoms with Crippen molar-refractivity contribution in [2.45, 2.75) is 56.4 Å². The van der Waals surface area contributed by atoms with Gasteiger partial charge in [-0.3, -0.25) is 0 Å². The molecular formula is C15H24N2O3S. The molecule has 2 rings (SSSR count). The van der Waals surface area contributed by atoms with E-state index in [2.05, 4.69) is 4.72 Å². The first-order valence-corrected chi connectivity index (χ1v) is 8.80. The molecule has 1 fully saturated rings. The van der Waals surface area contributed by atoms with Crippen LogP contribution in [-0.4, -0.2) is 25.7 Å². The first-order valence-electron chi connectivity index (χ1n) is 7.31. The Morgan fingerprint density at radius 3 is 2.38 bits per heavy atom. The van der Waals surface area contributed by atoms with E-state index in [1.54, 1.807) is 6.07 Å². The number of aryl methyl sites for hydroxylation is 1. The van der Waals surface area contributed by atoms with Crippen molar-refractivity contribution in [3.8, 4) is 0 Å². The molecule has 5 nitrogen and oxygen atoms in total. The summed E-state index contributed by atoms with van der Waals surface area (Å²) < 4.78 is 27.9. The van der Waals surface area contributed by atoms with E-state index in [1.807, 2.05) is 13.8 Å². The maximum absolute atomic E-state index is 12.6. The number of hydrogen-bond acceptors (Lipinski definition) is 4. The first kappa shape index (κ1) is 16.3. The number of nitrogens with two attached hydrogens (primary N) is 1. The van der Waals surface area contributed by atoms with Crippen LogP contribution in [0.5, 0.6) is 0 Å². The molecule has 0 radical (unpaired) electrons. The molecule has 6 heteroatoms. The van der Waals surface area contributed by atoms with Crippen LogP contribution in [0.2, 0.25) is 0 Å². The monoisotopic (exact) mass is 312 g/mol. The van der Waals surface area contributed by atoms with E-state index in [1.165, 1.54) is 6.07 Å². The highest BCUT2D eigenvalue weighted by Gasteiger charge is 2.36. The van der Waals surface area contributed by atoms with Gasteiger partial charge in [-0.15, -0.1) is 0 Å². The van der Waals surface area contributed by atoms with Gasteiger partial charge < -0.3 is 10.8 Å². The molecule has 0 heterocycles. The summed E-state index contributed by atoms with van der Waals surface area (Å²) in [6, 6.07) is 3.11. The number of sulfonamides is 1. The second-order valence-electron chi connectivity index (χ2n) is 6.06. The molecule has 21 heavy (non-hydrogen) atoms. The molecule has 1 aliphatic rings. The molecule has 1 aromatic carbocycles. The predicted octanol–water partition coefficient (Wildman–Crippen LogP) is 1.86. The van der Waals surface area contributed by atoms with Crippen molar-refractivity contribution in [3.05, 3.63) is 23.3 Å². The maximum Gasteiger partial charge on any atom is 0.241 e. The smallest absolute Gasteiger partial charge is 0.241 e. The van der Waals surface area contributed by atoms with E-state index in [9.17, 15) is 13.5 Å². The fourth-order valence-electron chi connectivity index (χ4n) is 2.87. The molecule has 1 aromatic rings. The highest BCUT2D eigenvalue weighted by Crippen LogP contribution is 2.30. The van der Waals surface area contributed by atoms with E-state index in [-0.39, 0.29) is 11.5 Å². The fraction of sp³-hybridized carbons (Fsp3) is 0.600. The van der Waals surface area contributed by atoms with E-state index in [0.29, 0.717) is 18.5 Å². The molecule has 0 atom stereocenters. The van der Waals surface area contributed by atoms with E-state index >= 15 is 0 Å². The van der Waals surface area contributed by atoms with Crippen LogP contribution in [0, 0.1) is 13.8 Å². The van der Waals surface area contributed by atoms with Crippen LogP contribution in [0.3, 0.4) is 0 Å². The van der Waals surface area contributed by atoms with Gasteiger partial charge in [0, 0.05) is 5.69 Å². The van der Waals surface area contributed by atoms with E-state index in [0.717, 1.165) is 30.4 Å². The van der Waals surface area contributed by atoms with Crippen molar-refractivity contribution in [3.63, 3.8) is 0 Å². The zero-order chi connectivity index (χ0) is 15.7. The lowest BCUT2D eigenvalue weighted by Crippen LogP contribution is -2.52. The molecule has 1 aliphatic carbocycles. The summed E-state index contributed by atoms with van der Waals surface area (Å²) in [5.41, 5.74) is 7.35. The zero-order valence-corrected chi connectivity index (χ0v) is 13.5. The van der Waals surface area contributed by atoms with Gasteiger partial charge in [-0.05, 0) is 49.9 Å². The fourth-order valence-corrected chi connectivity index (χ4v) is 4.44. The summed E-state index contributed by atoms with van der Waals surface area (Å²) in [5, 5.41) is 9.65. The van der Waals surface area contributed by atoms with Crippen LogP contribution < -0.4 is 10.5 Å². The third kappa shape index (κ3) is 3.39. The van der Waals surface area contributed by atoms with Gasteiger partial charge in [-0.1, -0.05) is 19.3 Å². The van der Waals surface area contributed by atoms with Gasteiger partial charge in [0.15, 0.2) is 0 Å². The Kier molecular flexibility index (Phi) is 4.60. The molecule has 0 aromatic heterocycles. The van der Waals surface area contributed by atoms with Crippen molar-refractivity contribution in [1.82, 2.24) is 4.72 Å². The number of rotatable bonds is 4. The van der Waals surface area contributed by atoms with Gasteiger partial charge >= 0.3 is 0 Å². The quantitative estimate of drug-likeness (QED) is 0.740. The highest BCUT2D eigenvalue weighted by atomic mass is 32.2. The molecule has 0 unspecified atom stereocenters. The average molecular weight is 312 g/mol. The lowest BCUT2D eigenvalue weighted by molar-refractivity contribution is 0.142. The summed E-state index contributed by atoms with van der Waals surface area (Å²) in [7, 11) is -3.68. The summed E-state index contributed by atoms with van der Waals surface area (Å²) in [4.78, 5) is 0.168. The van der Waals surface area contributed by atoms with E-state index in [4.69, 9.17) is 5.73 Å². The molecule has 1 saturated carbocycles. The van der Waals surface area contributed by atoms with Gasteiger partial charge in [-0.25, -0.2) is 13.1 Å². The standard InChI is InChI=1S/C15H24N2O3S/c1-11-8-13(9-14(16)12(11)2)21(19,20)17-15(10-18)6-4-3-5-7-15/h8-9,17-18H,3-7,10,16H2,1-2H3. The number of aliphatic hydroxyl groups is 1. The molecule has 4 N–H and O–H groups in total. The molecule has 0 saturated heterocycles. The zero-order valence-electron chi connectivity index (χ0n) is 12.6. The third-order valence-corrected chi connectivity index (χ3v) is 6.01. The number of aliphatic hydroxyl groups excluding tert-OH is 1. The molecule has 0 aliphatic heterocycles. The van der Waals surface area contributed by atoms with Crippen LogP contribution in [0.1, 0.15) is 43.2 Å². The SMILES string of the molecule is Cc1cc(S(=O)(=O)NC2(CO)CCCCC2)cc(N)c1C. The first-order chi connectivity index (χ1) is 9.80. The molecule has 0 amide bonds. The number of nitrogen functional groups attached to an aromatic ring is 1. The average Bonchev–Trinajstić information content (AvgIpc) is 2.44. The maximum atomic E-state index is 12.6. The summed E-state index contributed by atoms with van der Waals surface area (Å²) in [5.74, 6) is 0. The molecule has 0 bridgehead atoms. The van der Waals surface area contributed by atoms with Crippen molar-refractivity contribution in [1.29, 1.82) is 0 Å². The van der Waals surface area contributed by atoms with Crippen molar-refractivity contribution in [2.75, 3.05) is 12.3 Å². The van der Waals surface area contributed by atoms with Crippen molar-refractivity contribution >= 4 is 15.7 Å². The summed E-state index contributed by atoms with van der Waals surface area (Å²) in [6.07, 6.45) is 4.28. The Morgan fingerprint density at radius 2 is 1.86 bits per heavy atom. The van der Waals surface area contributed by atoms with Gasteiger partial charge in [0.1, 0.15) is 0 Å². The molecular weight excluding hydrogens is 288 g/mol. The minimum absolute atomic E-state index is 0.168. The molecule has 0 spiro atoms. The Hall–Kier alpha value is -1.11. The van der Waals surface area contributed by atoms with Gasteiger partial charge in [0.2, 0.25) is 10.0 Å². The largest absolute Gasteiger partial charge is 0.398 e. The Bertz CT molecular complexity index is 597. The summed E-state index contributed by atoms with van der Waals surface area (Å²) in [6.45, 7) is 3.53. The van der Waals surface area contributed by atoms with Crippen LogP contribution in [0.15, 0.2) is 17.0 Å². The lowest BCUT2D eigenvalue weighted by Gasteiger charge is -2.36. The Labute approximate surface area is 126 Å². The second kappa shape index (κ2) is 5.94. The number of nitrogens with one attached hydrogen (secondary N) is 1. The van der Waals surface area contributed by atoms with Crippen molar-refractivity contribution < 1.29 is 13.5 Å². The minimum atomic E-state index is -3.68. The lowest BCUT2D eigenvalue weighted by atomic mass is 9.83.